The molecule has 0 aliphatic carbocycles. The van der Waals surface area contributed by atoms with Gasteiger partial charge in [-0.3, -0.25) is 4.98 Å². The van der Waals surface area contributed by atoms with E-state index in [1.807, 2.05) is 30.1 Å². The minimum atomic E-state index is 1.17. The number of nitrogens with one attached hydrogen (secondary N) is 1. The van der Waals surface area contributed by atoms with Gasteiger partial charge in [-0.1, -0.05) is 24.3 Å². The molecular weight excluding hydrogens is 412 g/mol. The standard InChI is InChI=1S/C22H25N3S.C5H5N/c1-2-8-20-17(7-1)15-21(23-20)19-16-18(26-25-13-5-6-14-25)9-10-22(19)24-11-3-4-12-24;1-2-4-6-5-3-1/h1-2,7-10,15-16,23H,3-6,11-14H2;1-5H. The van der Waals surface area contributed by atoms with Crippen LogP contribution < -0.4 is 4.90 Å². The predicted molar refractivity (Wildman–Crippen MR) is 136 cm³/mol. The van der Waals surface area contributed by atoms with Gasteiger partial charge >= 0.3 is 0 Å². The van der Waals surface area contributed by atoms with Crippen molar-refractivity contribution in [3.8, 4) is 11.3 Å². The van der Waals surface area contributed by atoms with E-state index in [1.54, 1.807) is 12.4 Å². The third-order valence-corrected chi connectivity index (χ3v) is 7.19. The molecule has 4 nitrogen and oxygen atoms in total. The molecule has 32 heavy (non-hydrogen) atoms. The van der Waals surface area contributed by atoms with Crippen molar-refractivity contribution in [1.29, 1.82) is 0 Å². The average molecular weight is 443 g/mol. The summed E-state index contributed by atoms with van der Waals surface area (Å²) in [6, 6.07) is 23.6. The maximum absolute atomic E-state index is 3.78. The van der Waals surface area contributed by atoms with Crippen LogP contribution in [-0.2, 0) is 0 Å². The van der Waals surface area contributed by atoms with Crippen molar-refractivity contribution in [1.82, 2.24) is 14.3 Å². The van der Waals surface area contributed by atoms with Gasteiger partial charge in [0.1, 0.15) is 0 Å². The lowest BCUT2D eigenvalue weighted by Gasteiger charge is -2.22. The molecule has 0 atom stereocenters. The fourth-order valence-electron chi connectivity index (χ4n) is 4.48. The van der Waals surface area contributed by atoms with Crippen LogP contribution in [0.1, 0.15) is 25.7 Å². The summed E-state index contributed by atoms with van der Waals surface area (Å²) in [5.41, 5.74) is 5.16. The molecule has 164 valence electrons. The lowest BCUT2D eigenvalue weighted by atomic mass is 10.1. The number of para-hydroxylation sites is 1. The molecule has 0 bridgehead atoms. The molecule has 2 aromatic heterocycles. The number of fused-ring (bicyclic) bond motifs is 1. The van der Waals surface area contributed by atoms with E-state index in [0.717, 1.165) is 0 Å². The molecule has 0 radical (unpaired) electrons. The summed E-state index contributed by atoms with van der Waals surface area (Å²) in [5, 5.41) is 1.28. The van der Waals surface area contributed by atoms with Crippen LogP contribution in [0.3, 0.4) is 0 Å². The highest BCUT2D eigenvalue weighted by atomic mass is 32.2. The van der Waals surface area contributed by atoms with Crippen molar-refractivity contribution in [2.24, 2.45) is 0 Å². The molecule has 1 N–H and O–H groups in total. The fraction of sp³-hybridized carbons (Fsp3) is 0.296. The number of hydrogen-bond acceptors (Lipinski definition) is 4. The molecule has 0 saturated carbocycles. The van der Waals surface area contributed by atoms with Gasteiger partial charge in [-0.2, -0.15) is 0 Å². The highest BCUT2D eigenvalue weighted by molar-refractivity contribution is 7.97. The zero-order valence-corrected chi connectivity index (χ0v) is 19.2. The van der Waals surface area contributed by atoms with E-state index in [4.69, 9.17) is 0 Å². The number of H-pyrrole nitrogens is 1. The van der Waals surface area contributed by atoms with E-state index in [2.05, 4.69) is 67.7 Å². The Kier molecular flexibility index (Phi) is 6.75. The molecule has 4 aromatic rings. The second-order valence-electron chi connectivity index (χ2n) is 8.40. The molecule has 2 aliphatic rings. The number of benzene rings is 2. The average Bonchev–Trinajstić information content (AvgIpc) is 3.62. The smallest absolute Gasteiger partial charge is 0.0486 e. The number of pyridine rings is 1. The summed E-state index contributed by atoms with van der Waals surface area (Å²) >= 11 is 1.92. The normalized spacial score (nSPS) is 16.3. The zero-order valence-electron chi connectivity index (χ0n) is 18.4. The minimum absolute atomic E-state index is 1.17. The second-order valence-corrected chi connectivity index (χ2v) is 9.57. The molecule has 2 aromatic carbocycles. The van der Waals surface area contributed by atoms with Gasteiger partial charge in [-0.25, -0.2) is 4.31 Å². The third kappa shape index (κ3) is 5.00. The van der Waals surface area contributed by atoms with Crippen molar-refractivity contribution in [2.75, 3.05) is 31.1 Å². The molecule has 0 spiro atoms. The molecule has 2 saturated heterocycles. The van der Waals surface area contributed by atoms with Crippen LogP contribution in [0.25, 0.3) is 22.2 Å². The minimum Gasteiger partial charge on any atom is -0.371 e. The first-order valence-corrected chi connectivity index (χ1v) is 12.4. The summed E-state index contributed by atoms with van der Waals surface area (Å²) < 4.78 is 2.50. The zero-order chi connectivity index (χ0) is 21.6. The van der Waals surface area contributed by atoms with Gasteiger partial charge in [0.15, 0.2) is 0 Å². The summed E-state index contributed by atoms with van der Waals surface area (Å²) in [7, 11) is 0. The Labute approximate surface area is 194 Å². The molecule has 5 heteroatoms. The van der Waals surface area contributed by atoms with Crippen LogP contribution in [0.5, 0.6) is 0 Å². The van der Waals surface area contributed by atoms with Gasteiger partial charge < -0.3 is 9.88 Å². The molecule has 2 aliphatic heterocycles. The number of aromatic nitrogens is 2. The van der Waals surface area contributed by atoms with Gasteiger partial charge in [0.25, 0.3) is 0 Å². The van der Waals surface area contributed by atoms with Crippen LogP contribution in [0.2, 0.25) is 0 Å². The van der Waals surface area contributed by atoms with Gasteiger partial charge in [0.2, 0.25) is 0 Å². The molecular formula is C27H30N4S. The third-order valence-electron chi connectivity index (χ3n) is 6.10. The van der Waals surface area contributed by atoms with Gasteiger partial charge in [0.05, 0.1) is 0 Å². The van der Waals surface area contributed by atoms with Crippen LogP contribution in [0.15, 0.2) is 84.0 Å². The molecule has 6 rings (SSSR count). The topological polar surface area (TPSA) is 35.2 Å². The summed E-state index contributed by atoms with van der Waals surface area (Å²) in [6.45, 7) is 4.76. The Balaban J connectivity index is 0.000000314. The quantitative estimate of drug-likeness (QED) is 0.360. The summed E-state index contributed by atoms with van der Waals surface area (Å²) in [5.74, 6) is 0. The maximum Gasteiger partial charge on any atom is 0.0486 e. The lowest BCUT2D eigenvalue weighted by Crippen LogP contribution is -2.18. The molecule has 0 amide bonds. The van der Waals surface area contributed by atoms with E-state index < -0.39 is 0 Å². The van der Waals surface area contributed by atoms with E-state index in [9.17, 15) is 0 Å². The molecule has 4 heterocycles. The van der Waals surface area contributed by atoms with Crippen LogP contribution >= 0.6 is 11.9 Å². The van der Waals surface area contributed by atoms with Crippen molar-refractivity contribution in [3.63, 3.8) is 0 Å². The number of hydrogen-bond donors (Lipinski definition) is 1. The Bertz CT molecular complexity index is 1070. The van der Waals surface area contributed by atoms with Crippen LogP contribution in [-0.4, -0.2) is 40.5 Å². The number of rotatable bonds is 4. The van der Waals surface area contributed by atoms with Crippen molar-refractivity contribution >= 4 is 28.5 Å². The monoisotopic (exact) mass is 442 g/mol. The fourth-order valence-corrected chi connectivity index (χ4v) is 5.52. The highest BCUT2D eigenvalue weighted by Crippen LogP contribution is 2.38. The van der Waals surface area contributed by atoms with Gasteiger partial charge in [-0.15, -0.1) is 0 Å². The van der Waals surface area contributed by atoms with Crippen LogP contribution in [0, 0.1) is 0 Å². The second kappa shape index (κ2) is 10.2. The number of nitrogens with zero attached hydrogens (tertiary/aromatic N) is 3. The highest BCUT2D eigenvalue weighted by Gasteiger charge is 2.20. The predicted octanol–water partition coefficient (Wildman–Crippen LogP) is 6.62. The lowest BCUT2D eigenvalue weighted by molar-refractivity contribution is 0.586. The van der Waals surface area contributed by atoms with Crippen LogP contribution in [0.4, 0.5) is 5.69 Å². The van der Waals surface area contributed by atoms with E-state index in [-0.39, 0.29) is 0 Å². The first-order valence-electron chi connectivity index (χ1n) is 11.6. The van der Waals surface area contributed by atoms with Crippen molar-refractivity contribution in [3.05, 3.63) is 79.1 Å². The summed E-state index contributed by atoms with van der Waals surface area (Å²) in [6.07, 6.45) is 8.76. The SMILES string of the molecule is c1ccc2[nH]c(-c3cc(SN4CCCC4)ccc3N3CCCC3)cc2c1.c1ccncc1. The first-order chi connectivity index (χ1) is 15.9. The Morgan fingerprint density at radius 1 is 0.750 bits per heavy atom. The van der Waals surface area contributed by atoms with Gasteiger partial charge in [0, 0.05) is 71.3 Å². The van der Waals surface area contributed by atoms with Gasteiger partial charge in [-0.05, 0) is 80.1 Å². The first kappa shape index (κ1) is 21.1. The number of aromatic amines is 1. The van der Waals surface area contributed by atoms with E-state index in [0.29, 0.717) is 0 Å². The molecule has 2 fully saturated rings. The Morgan fingerprint density at radius 3 is 2.19 bits per heavy atom. The van der Waals surface area contributed by atoms with Crippen molar-refractivity contribution in [2.45, 2.75) is 30.6 Å². The maximum atomic E-state index is 3.78. The van der Waals surface area contributed by atoms with Crippen molar-refractivity contribution < 1.29 is 0 Å². The molecule has 0 unspecified atom stereocenters. The Hall–Kier alpha value is -2.76. The largest absolute Gasteiger partial charge is 0.371 e. The number of anilines is 1. The van der Waals surface area contributed by atoms with E-state index >= 15 is 0 Å². The van der Waals surface area contributed by atoms with E-state index in [1.165, 1.54) is 84.6 Å². The summed E-state index contributed by atoms with van der Waals surface area (Å²) in [4.78, 5) is 11.3. The Morgan fingerprint density at radius 2 is 1.50 bits per heavy atom.